The van der Waals surface area contributed by atoms with E-state index in [-0.39, 0.29) is 103 Å². The molecule has 9 aromatic carbocycles. The number of carbonyl (C=O) groups is 3. The highest BCUT2D eigenvalue weighted by molar-refractivity contribution is 6.36. The number of pyridine rings is 3. The van der Waals surface area contributed by atoms with Crippen LogP contribution >= 0.6 is 34.8 Å². The van der Waals surface area contributed by atoms with E-state index in [1.807, 2.05) is 161 Å². The second kappa shape index (κ2) is 37.0. The largest absolute Gasteiger partial charge is 0.508 e. The molecule has 3 amide bonds. The van der Waals surface area contributed by atoms with Crippen LogP contribution in [0.15, 0.2) is 222 Å². The number of halogens is 5. The summed E-state index contributed by atoms with van der Waals surface area (Å²) in [7, 11) is 0. The van der Waals surface area contributed by atoms with Crippen molar-refractivity contribution < 1.29 is 33.4 Å². The van der Waals surface area contributed by atoms with Gasteiger partial charge in [0.2, 0.25) is 17.7 Å². The molecule has 0 aliphatic carbocycles. The summed E-state index contributed by atoms with van der Waals surface area (Å²) in [6.07, 6.45) is 5.64. The highest BCUT2D eigenvalue weighted by Gasteiger charge is 2.37. The van der Waals surface area contributed by atoms with Crippen molar-refractivity contribution in [1.29, 1.82) is 0 Å². The third kappa shape index (κ3) is 16.9. The van der Waals surface area contributed by atoms with Crippen molar-refractivity contribution in [1.82, 2.24) is 38.6 Å². The first-order valence-corrected chi connectivity index (χ1v) is 42.6. The zero-order valence-corrected chi connectivity index (χ0v) is 73.7. The number of nitrogens with zero attached hydrogens (tertiary/aromatic N) is 13. The molecule has 3 N–H and O–H groups in total. The quantitative estimate of drug-likeness (QED) is 0.0645. The maximum atomic E-state index is 15.1. The molecule has 3 saturated heterocycles. The van der Waals surface area contributed by atoms with Crippen molar-refractivity contribution in [3.05, 3.63) is 317 Å². The third-order valence-corrected chi connectivity index (χ3v) is 24.8. The van der Waals surface area contributed by atoms with Crippen molar-refractivity contribution in [2.24, 2.45) is 0 Å². The van der Waals surface area contributed by atoms with Crippen LogP contribution in [0.2, 0.25) is 15.1 Å². The Morgan fingerprint density at radius 3 is 1.20 bits per heavy atom. The maximum Gasteiger partial charge on any atom is 0.274 e. The van der Waals surface area contributed by atoms with Gasteiger partial charge in [-0.05, 0) is 176 Å². The predicted molar refractivity (Wildman–Crippen MR) is 505 cm³/mol. The molecule has 13 aromatic rings. The van der Waals surface area contributed by atoms with Gasteiger partial charge in [-0.2, -0.15) is 5.10 Å². The van der Waals surface area contributed by atoms with Gasteiger partial charge in [-0.3, -0.25) is 47.6 Å². The van der Waals surface area contributed by atoms with Gasteiger partial charge in [0.1, 0.15) is 23.1 Å². The molecular formula is C100H91Cl3F2N14O8. The monoisotopic (exact) mass is 1760 g/mol. The minimum absolute atomic E-state index is 0.0324. The number of fused-ring (bicyclic) bond motifs is 4. The summed E-state index contributed by atoms with van der Waals surface area (Å²) in [5.74, 6) is -1.82. The van der Waals surface area contributed by atoms with Crippen LogP contribution < -0.4 is 31.4 Å². The van der Waals surface area contributed by atoms with Crippen molar-refractivity contribution in [2.45, 2.75) is 98.2 Å². The van der Waals surface area contributed by atoms with Gasteiger partial charge in [-0.1, -0.05) is 157 Å². The molecule has 16 rings (SSSR count). The molecule has 0 unspecified atom stereocenters. The first-order chi connectivity index (χ1) is 60.9. The molecule has 22 nitrogen and oxygen atoms in total. The number of piperazine rings is 3. The maximum absolute atomic E-state index is 15.1. The van der Waals surface area contributed by atoms with Crippen LogP contribution in [0.5, 0.6) is 11.5 Å². The molecule has 3 aliphatic heterocycles. The molecule has 3 fully saturated rings. The summed E-state index contributed by atoms with van der Waals surface area (Å²) in [6, 6.07) is 46.1. The van der Waals surface area contributed by atoms with Crippen LogP contribution in [0, 0.1) is 31.4 Å². The minimum Gasteiger partial charge on any atom is -0.508 e. The summed E-state index contributed by atoms with van der Waals surface area (Å²) >= 11 is 20.7. The molecule has 0 spiro atoms. The fourth-order valence-corrected chi connectivity index (χ4v) is 18.4. The van der Waals surface area contributed by atoms with Crippen LogP contribution in [0.25, 0.3) is 109 Å². The normalized spacial score (nSPS) is 15.2. The second-order valence-corrected chi connectivity index (χ2v) is 33.8. The van der Waals surface area contributed by atoms with E-state index in [1.54, 1.807) is 49.7 Å². The zero-order valence-electron chi connectivity index (χ0n) is 71.4. The summed E-state index contributed by atoms with van der Waals surface area (Å²) in [5, 5.41) is 31.6. The lowest BCUT2D eigenvalue weighted by Gasteiger charge is -2.42. The Labute approximate surface area is 748 Å². The Morgan fingerprint density at radius 1 is 0.465 bits per heavy atom. The number of rotatable bonds is 15. The van der Waals surface area contributed by atoms with Crippen LogP contribution in [-0.2, 0) is 14.4 Å². The number of aromatic amines is 1. The van der Waals surface area contributed by atoms with E-state index in [4.69, 9.17) is 54.5 Å². The lowest BCUT2D eigenvalue weighted by molar-refractivity contribution is -0.127. The molecular weight excluding hydrogens is 1670 g/mol. The predicted octanol–water partition coefficient (Wildman–Crippen LogP) is 21.2. The Morgan fingerprint density at radius 2 is 0.835 bits per heavy atom. The number of aromatic hydroxyl groups is 2. The highest BCUT2D eigenvalue weighted by atomic mass is 35.5. The Hall–Kier alpha value is -14.1. The van der Waals surface area contributed by atoms with E-state index < -0.39 is 22.8 Å². The van der Waals surface area contributed by atoms with Crippen molar-refractivity contribution in [3.8, 4) is 61.9 Å². The van der Waals surface area contributed by atoms with Gasteiger partial charge < -0.3 is 39.6 Å². The average molecular weight is 1760 g/mol. The molecule has 644 valence electrons. The van der Waals surface area contributed by atoms with E-state index >= 15 is 4.39 Å². The van der Waals surface area contributed by atoms with Crippen molar-refractivity contribution in [2.75, 3.05) is 73.6 Å². The summed E-state index contributed by atoms with van der Waals surface area (Å²) in [4.78, 5) is 103. The second-order valence-electron chi connectivity index (χ2n) is 32.6. The summed E-state index contributed by atoms with van der Waals surface area (Å²) in [6.45, 7) is 57.0. The lowest BCUT2D eigenvalue weighted by atomic mass is 9.98. The van der Waals surface area contributed by atoms with Gasteiger partial charge in [0, 0.05) is 148 Å². The van der Waals surface area contributed by atoms with Gasteiger partial charge in [-0.25, -0.2) is 23.3 Å². The number of anilines is 3. The summed E-state index contributed by atoms with van der Waals surface area (Å²) in [5.41, 5.74) is 9.95. The van der Waals surface area contributed by atoms with Gasteiger partial charge in [-0.15, -0.1) is 0 Å². The minimum atomic E-state index is -0.594. The number of para-hydroxylation sites is 3. The number of phenolic OH excluding ortho intramolecular Hbond substituents is 2. The highest BCUT2D eigenvalue weighted by Crippen LogP contribution is 2.48. The van der Waals surface area contributed by atoms with Gasteiger partial charge >= 0.3 is 0 Å². The van der Waals surface area contributed by atoms with Crippen LogP contribution in [0.3, 0.4) is 0 Å². The van der Waals surface area contributed by atoms with E-state index in [9.17, 15) is 43.4 Å². The molecule has 27 heteroatoms. The number of amides is 3. The molecule has 4 aromatic heterocycles. The number of benzene rings is 9. The van der Waals surface area contributed by atoms with Crippen LogP contribution in [0.1, 0.15) is 96.8 Å². The van der Waals surface area contributed by atoms with E-state index in [0.29, 0.717) is 142 Å². The van der Waals surface area contributed by atoms with E-state index in [1.165, 1.54) is 51.6 Å². The SMILES string of the molecule is [C-]#[N+]c1c(N2CCN(C(=O)C=C)C[C@@H]2C)c2cc(Cl)c(-c3cc(O)ccc3F)cc2n(-c2ccccc2C(C)C)c1=O.[C-]#[N+]c1c(N2CCN(C(=O)C=C)C[C@@H]2C)c2cc(Cl)c(-c3ccc(F)cc3O)cc2n(-c2ccccc2C(C)C)c1=O.[C-]#[N+]c1c(N2CCN(C(=O)C=C)C[C@@H]2C)c2cc(Cl)c(-c3ccc4[nH]ncc4c3)cc2n(-c2ccccc2C(C)C)c1=O. The zero-order chi connectivity index (χ0) is 91.0. The number of hydrogen-bond acceptors (Lipinski definition) is 12. The Kier molecular flexibility index (Phi) is 26.0. The van der Waals surface area contributed by atoms with Crippen LogP contribution in [-0.4, -0.2) is 144 Å². The molecule has 0 saturated carbocycles. The van der Waals surface area contributed by atoms with Gasteiger partial charge in [0.15, 0.2) is 0 Å². The average Bonchev–Trinajstić information content (AvgIpc) is 1.16. The molecule has 0 radical (unpaired) electrons. The summed E-state index contributed by atoms with van der Waals surface area (Å²) < 4.78 is 33.6. The number of carbonyl (C=O) groups excluding carboxylic acids is 3. The van der Waals surface area contributed by atoms with Gasteiger partial charge in [0.05, 0.1) is 82.1 Å². The molecule has 3 aliphatic rings. The number of nitrogens with one attached hydrogen (secondary N) is 1. The molecule has 0 bridgehead atoms. The Bertz CT molecular complexity index is 7010. The van der Waals surface area contributed by atoms with E-state index in [0.717, 1.165) is 56.5 Å². The molecule has 7 heterocycles. The first-order valence-electron chi connectivity index (χ1n) is 41.5. The Balaban J connectivity index is 0.000000154. The fourth-order valence-electron chi connectivity index (χ4n) is 17.6. The molecule has 127 heavy (non-hydrogen) atoms. The first kappa shape index (κ1) is 89.2. The number of hydrogen-bond donors (Lipinski definition) is 3. The van der Waals surface area contributed by atoms with Crippen LogP contribution in [0.4, 0.5) is 42.9 Å². The number of H-pyrrole nitrogens is 1. The third-order valence-electron chi connectivity index (χ3n) is 23.8. The fraction of sp³-hybridized carbons (Fsp3) is 0.240. The topological polar surface area (TPSA) is 219 Å². The molecule has 3 atom stereocenters. The van der Waals surface area contributed by atoms with Crippen molar-refractivity contribution in [3.63, 3.8) is 0 Å². The number of phenols is 2. The van der Waals surface area contributed by atoms with Gasteiger partial charge in [0.25, 0.3) is 33.7 Å². The smallest absolute Gasteiger partial charge is 0.274 e. The lowest BCUT2D eigenvalue weighted by Crippen LogP contribution is -2.53. The number of aromatic nitrogens is 5. The standard InChI is InChI=1S/C34H31ClN6O2.2C33H30ClFN4O3/c1-6-31(42)39-13-14-40(21(4)19-39)33-26-16-27(35)25(22-11-12-28-23(15-22)18-37-38-28)17-30(26)41(34(43)32(33)36-5)29-10-8-7-9-24(29)20(2)3;1-6-30(41)37-13-14-38(20(4)18-37)32-25-16-26(34)23(24-15-21(40)11-12-27(24)35)17-29(25)39(33(42)31(32)36-5)28-10-8-7-9-22(28)19(2)3;1-6-30(41)37-13-14-38(20(4)18-37)32-25-16-26(34)24(23-12-11-21(35)15-29(23)40)17-28(25)39(33(42)31(32)36-5)27-10-8-7-9-22(27)19(2)3/h6-12,15-18,20-21H,1,13-14,19H2,2-4H3,(H,37,38);2*6-12,15-17,19-20,40H,1,13-14,18H2,2-4H3/t21-;2*20-/m000/s1. The van der Waals surface area contributed by atoms with E-state index in [2.05, 4.69) is 63.2 Å². The van der Waals surface area contributed by atoms with Crippen molar-refractivity contribution >= 4 is 130 Å².